The Morgan fingerprint density at radius 3 is 2.40 bits per heavy atom. The Hall–Kier alpha value is -2.41. The number of carbonyl (C=O) groups is 3. The van der Waals surface area contributed by atoms with E-state index in [2.05, 4.69) is 22.9 Å². The monoisotopic (exact) mass is 414 g/mol. The fourth-order valence-electron chi connectivity index (χ4n) is 4.39. The minimum absolute atomic E-state index is 0.0240. The third kappa shape index (κ3) is 6.83. The van der Waals surface area contributed by atoms with Gasteiger partial charge in [-0.3, -0.25) is 19.8 Å². The van der Waals surface area contributed by atoms with Crippen molar-refractivity contribution >= 4 is 17.8 Å². The maximum atomic E-state index is 12.4. The highest BCUT2D eigenvalue weighted by Crippen LogP contribution is 2.23. The highest BCUT2D eigenvalue weighted by atomic mass is 16.2. The molecular weight excluding hydrogens is 380 g/mol. The summed E-state index contributed by atoms with van der Waals surface area (Å²) in [5, 5.41) is 8.40. The van der Waals surface area contributed by atoms with Gasteiger partial charge in [-0.2, -0.15) is 0 Å². The highest BCUT2D eigenvalue weighted by Gasteiger charge is 2.27. The second-order valence-electron chi connectivity index (χ2n) is 8.64. The first-order valence-corrected chi connectivity index (χ1v) is 11.2. The van der Waals surface area contributed by atoms with Crippen LogP contribution in [0.25, 0.3) is 0 Å². The van der Waals surface area contributed by atoms with Crippen LogP contribution in [0.2, 0.25) is 0 Å². The summed E-state index contributed by atoms with van der Waals surface area (Å²) in [7, 11) is 0. The largest absolute Gasteiger partial charge is 0.352 e. The topological polar surface area (TPSA) is 90.5 Å². The van der Waals surface area contributed by atoms with Gasteiger partial charge in [-0.15, -0.1) is 0 Å². The molecular formula is C23H34N4O3. The van der Waals surface area contributed by atoms with E-state index in [1.807, 2.05) is 35.2 Å². The molecule has 0 spiro atoms. The molecule has 1 aliphatic heterocycles. The van der Waals surface area contributed by atoms with E-state index in [0.717, 1.165) is 37.7 Å². The molecule has 30 heavy (non-hydrogen) atoms. The molecule has 7 nitrogen and oxygen atoms in total. The molecule has 4 amide bonds. The van der Waals surface area contributed by atoms with Crippen molar-refractivity contribution in [2.75, 3.05) is 19.6 Å². The maximum Gasteiger partial charge on any atom is 0.321 e. The fraction of sp³-hybridized carbons (Fsp3) is 0.609. The lowest BCUT2D eigenvalue weighted by atomic mass is 9.86. The van der Waals surface area contributed by atoms with Crippen LogP contribution in [0.3, 0.4) is 0 Å². The molecule has 0 radical (unpaired) electrons. The van der Waals surface area contributed by atoms with Gasteiger partial charge in [0.05, 0.1) is 6.54 Å². The number of amides is 4. The molecule has 0 bridgehead atoms. The molecule has 2 fully saturated rings. The van der Waals surface area contributed by atoms with E-state index in [0.29, 0.717) is 25.6 Å². The van der Waals surface area contributed by atoms with Crippen molar-refractivity contribution in [2.24, 2.45) is 11.8 Å². The SMILES string of the molecule is C[C@@H]1CCCC[C@@H]1NC(=O)NC(=O)CN1CCC(C(=O)NCc2ccccc2)CC1. The summed E-state index contributed by atoms with van der Waals surface area (Å²) in [6, 6.07) is 9.61. The van der Waals surface area contributed by atoms with Gasteiger partial charge >= 0.3 is 6.03 Å². The van der Waals surface area contributed by atoms with E-state index in [-0.39, 0.29) is 30.3 Å². The summed E-state index contributed by atoms with van der Waals surface area (Å²) >= 11 is 0. The number of carbonyl (C=O) groups excluding carboxylic acids is 3. The number of piperidine rings is 1. The zero-order valence-corrected chi connectivity index (χ0v) is 17.9. The van der Waals surface area contributed by atoms with Gasteiger partial charge in [0.2, 0.25) is 11.8 Å². The van der Waals surface area contributed by atoms with Gasteiger partial charge in [0, 0.05) is 18.5 Å². The van der Waals surface area contributed by atoms with Gasteiger partial charge < -0.3 is 10.6 Å². The molecule has 3 rings (SSSR count). The summed E-state index contributed by atoms with van der Waals surface area (Å²) < 4.78 is 0. The van der Waals surface area contributed by atoms with Gasteiger partial charge in [0.25, 0.3) is 0 Å². The third-order valence-corrected chi connectivity index (χ3v) is 6.32. The Bertz CT molecular complexity index is 716. The molecule has 7 heteroatoms. The lowest BCUT2D eigenvalue weighted by Crippen LogP contribution is -2.50. The van der Waals surface area contributed by atoms with Crippen LogP contribution in [-0.4, -0.2) is 48.4 Å². The molecule has 2 aliphatic rings. The number of nitrogens with one attached hydrogen (secondary N) is 3. The third-order valence-electron chi connectivity index (χ3n) is 6.32. The Labute approximate surface area is 179 Å². The van der Waals surface area contributed by atoms with Gasteiger partial charge in [-0.1, -0.05) is 50.1 Å². The molecule has 1 aromatic rings. The second-order valence-corrected chi connectivity index (χ2v) is 8.64. The highest BCUT2D eigenvalue weighted by molar-refractivity contribution is 5.95. The normalized spacial score (nSPS) is 22.8. The van der Waals surface area contributed by atoms with Crippen LogP contribution in [0, 0.1) is 11.8 Å². The molecule has 1 saturated heterocycles. The summed E-state index contributed by atoms with van der Waals surface area (Å²) in [4.78, 5) is 38.8. The minimum atomic E-state index is -0.395. The van der Waals surface area contributed by atoms with E-state index in [1.165, 1.54) is 6.42 Å². The summed E-state index contributed by atoms with van der Waals surface area (Å²) in [6.45, 7) is 4.23. The van der Waals surface area contributed by atoms with E-state index < -0.39 is 6.03 Å². The van der Waals surface area contributed by atoms with Crippen molar-refractivity contribution in [3.8, 4) is 0 Å². The molecule has 1 heterocycles. The summed E-state index contributed by atoms with van der Waals surface area (Å²) in [6.07, 6.45) is 5.87. The molecule has 1 aromatic carbocycles. The Morgan fingerprint density at radius 1 is 1.00 bits per heavy atom. The number of urea groups is 1. The summed E-state index contributed by atoms with van der Waals surface area (Å²) in [5.41, 5.74) is 1.08. The van der Waals surface area contributed by atoms with Crippen LogP contribution in [0.4, 0.5) is 4.79 Å². The average Bonchev–Trinajstić information content (AvgIpc) is 2.75. The number of nitrogens with zero attached hydrogens (tertiary/aromatic N) is 1. The van der Waals surface area contributed by atoms with E-state index in [9.17, 15) is 14.4 Å². The Kier molecular flexibility index (Phi) is 8.25. The van der Waals surface area contributed by atoms with Crippen LogP contribution in [0.1, 0.15) is 51.0 Å². The lowest BCUT2D eigenvalue weighted by Gasteiger charge is -2.31. The molecule has 1 aliphatic carbocycles. The van der Waals surface area contributed by atoms with Crippen molar-refractivity contribution < 1.29 is 14.4 Å². The predicted molar refractivity (Wildman–Crippen MR) is 116 cm³/mol. The van der Waals surface area contributed by atoms with Crippen molar-refractivity contribution in [3.63, 3.8) is 0 Å². The van der Waals surface area contributed by atoms with Gasteiger partial charge in [0.1, 0.15) is 0 Å². The number of hydrogen-bond donors (Lipinski definition) is 3. The zero-order valence-electron chi connectivity index (χ0n) is 17.9. The number of imide groups is 1. The van der Waals surface area contributed by atoms with E-state index in [1.54, 1.807) is 0 Å². The van der Waals surface area contributed by atoms with E-state index in [4.69, 9.17) is 0 Å². The first kappa shape index (κ1) is 22.3. The number of likely N-dealkylation sites (tertiary alicyclic amines) is 1. The fourth-order valence-corrected chi connectivity index (χ4v) is 4.39. The predicted octanol–water partition coefficient (Wildman–Crippen LogP) is 2.42. The van der Waals surface area contributed by atoms with Crippen molar-refractivity contribution in [2.45, 2.75) is 58.0 Å². The average molecular weight is 415 g/mol. The molecule has 0 aromatic heterocycles. The van der Waals surface area contributed by atoms with Gasteiger partial charge in [-0.25, -0.2) is 4.79 Å². The van der Waals surface area contributed by atoms with Gasteiger partial charge in [0.15, 0.2) is 0 Å². The van der Waals surface area contributed by atoms with Crippen LogP contribution in [0.5, 0.6) is 0 Å². The Morgan fingerprint density at radius 2 is 1.70 bits per heavy atom. The second kappa shape index (κ2) is 11.1. The minimum Gasteiger partial charge on any atom is -0.352 e. The van der Waals surface area contributed by atoms with Crippen LogP contribution >= 0.6 is 0 Å². The summed E-state index contributed by atoms with van der Waals surface area (Å²) in [5.74, 6) is 0.211. The van der Waals surface area contributed by atoms with Crippen LogP contribution < -0.4 is 16.0 Å². The van der Waals surface area contributed by atoms with Crippen LogP contribution in [0.15, 0.2) is 30.3 Å². The lowest BCUT2D eigenvalue weighted by molar-refractivity contribution is -0.126. The van der Waals surface area contributed by atoms with E-state index >= 15 is 0 Å². The standard InChI is InChI=1S/C23H34N4O3/c1-17-7-5-6-10-20(17)25-23(30)26-21(28)16-27-13-11-19(12-14-27)22(29)24-15-18-8-3-2-4-9-18/h2-4,8-9,17,19-20H,5-7,10-16H2,1H3,(H,24,29)(H2,25,26,28,30)/t17-,20+/m1/s1. The molecule has 164 valence electrons. The quantitative estimate of drug-likeness (QED) is 0.667. The zero-order chi connectivity index (χ0) is 21.3. The Balaban J connectivity index is 1.33. The first-order chi connectivity index (χ1) is 14.5. The van der Waals surface area contributed by atoms with Crippen LogP contribution in [-0.2, 0) is 16.1 Å². The molecule has 0 unspecified atom stereocenters. The van der Waals surface area contributed by atoms with Crippen molar-refractivity contribution in [1.29, 1.82) is 0 Å². The number of rotatable bonds is 6. The molecule has 3 N–H and O–H groups in total. The maximum absolute atomic E-state index is 12.4. The molecule has 1 saturated carbocycles. The molecule has 2 atom stereocenters. The number of benzene rings is 1. The van der Waals surface area contributed by atoms with Crippen molar-refractivity contribution in [3.05, 3.63) is 35.9 Å². The first-order valence-electron chi connectivity index (χ1n) is 11.2. The van der Waals surface area contributed by atoms with Crippen molar-refractivity contribution in [1.82, 2.24) is 20.9 Å². The number of hydrogen-bond acceptors (Lipinski definition) is 4. The smallest absolute Gasteiger partial charge is 0.321 e. The van der Waals surface area contributed by atoms with Gasteiger partial charge in [-0.05, 0) is 50.3 Å².